The van der Waals surface area contributed by atoms with Crippen molar-refractivity contribution in [3.05, 3.63) is 94.8 Å². The molecule has 4 aromatic rings. The van der Waals surface area contributed by atoms with Crippen LogP contribution in [0.25, 0.3) is 0 Å². The average Bonchev–Trinajstić information content (AvgIpc) is 3.69. The number of ether oxygens (including phenoxy) is 1. The third kappa shape index (κ3) is 7.52. The van der Waals surface area contributed by atoms with E-state index in [0.29, 0.717) is 66.7 Å². The Morgan fingerprint density at radius 3 is 2.74 bits per heavy atom. The largest absolute Gasteiger partial charge is 0.492 e. The van der Waals surface area contributed by atoms with Crippen LogP contribution in [0.3, 0.4) is 0 Å². The van der Waals surface area contributed by atoms with Gasteiger partial charge in [-0.05, 0) is 30.2 Å². The fraction of sp³-hybridized carbons (Fsp3) is 0.310. The van der Waals surface area contributed by atoms with Gasteiger partial charge in [-0.3, -0.25) is 19.1 Å². The van der Waals surface area contributed by atoms with Crippen molar-refractivity contribution in [2.75, 3.05) is 19.7 Å². The number of aromatic nitrogens is 5. The highest BCUT2D eigenvalue weighted by atomic mass is 35.5. The van der Waals surface area contributed by atoms with Crippen LogP contribution in [0, 0.1) is 0 Å². The molecule has 2 aromatic heterocycles. The van der Waals surface area contributed by atoms with Crippen molar-refractivity contribution in [2.45, 2.75) is 38.4 Å². The number of carbonyl (C=O) groups excluding carboxylic acids is 3. The van der Waals surface area contributed by atoms with Gasteiger partial charge in [0.05, 0.1) is 36.9 Å². The Kier molecular flexibility index (Phi) is 9.44. The van der Waals surface area contributed by atoms with Crippen LogP contribution in [0.5, 0.6) is 5.75 Å². The Labute approximate surface area is 247 Å². The van der Waals surface area contributed by atoms with E-state index >= 15 is 0 Å². The van der Waals surface area contributed by atoms with Crippen LogP contribution in [0.15, 0.2) is 67.3 Å². The van der Waals surface area contributed by atoms with E-state index in [2.05, 4.69) is 30.9 Å². The summed E-state index contributed by atoms with van der Waals surface area (Å²) in [7, 11) is 0. The molecule has 4 heterocycles. The van der Waals surface area contributed by atoms with Gasteiger partial charge < -0.3 is 25.3 Å². The fourth-order valence-corrected chi connectivity index (χ4v) is 4.82. The molecule has 1 atom stereocenters. The maximum atomic E-state index is 13.3. The van der Waals surface area contributed by atoms with Gasteiger partial charge in [0.15, 0.2) is 0 Å². The van der Waals surface area contributed by atoms with E-state index in [0.717, 1.165) is 5.56 Å². The average molecular weight is 591 g/mol. The predicted molar refractivity (Wildman–Crippen MR) is 154 cm³/mol. The Hall–Kier alpha value is -4.71. The Balaban J connectivity index is 1.36. The van der Waals surface area contributed by atoms with Crippen LogP contribution < -0.4 is 15.4 Å². The molecule has 0 radical (unpaired) electrons. The van der Waals surface area contributed by atoms with E-state index < -0.39 is 11.9 Å². The molecule has 13 heteroatoms. The second-order valence-corrected chi connectivity index (χ2v) is 10.3. The number of nitrogens with zero attached hydrogens (tertiary/aromatic N) is 5. The summed E-state index contributed by atoms with van der Waals surface area (Å²) in [4.78, 5) is 48.1. The molecule has 218 valence electrons. The molecular formula is C29H31ClN8O4. The van der Waals surface area contributed by atoms with Gasteiger partial charge in [-0.1, -0.05) is 47.1 Å². The molecule has 0 saturated heterocycles. The third-order valence-electron chi connectivity index (χ3n) is 6.75. The normalized spacial score (nSPS) is 17.1. The molecular weight excluding hydrogens is 560 g/mol. The number of imidazole rings is 1. The number of nitrogens with one attached hydrogen (secondary N) is 3. The highest BCUT2D eigenvalue weighted by Gasteiger charge is 2.23. The van der Waals surface area contributed by atoms with Gasteiger partial charge in [0.25, 0.3) is 11.8 Å². The molecule has 2 aliphatic heterocycles. The van der Waals surface area contributed by atoms with Gasteiger partial charge in [-0.2, -0.15) is 0 Å². The Morgan fingerprint density at radius 2 is 1.95 bits per heavy atom. The molecule has 12 nitrogen and oxygen atoms in total. The summed E-state index contributed by atoms with van der Waals surface area (Å²) in [6.45, 7) is 1.78. The summed E-state index contributed by atoms with van der Waals surface area (Å²) in [6, 6.07) is 13.4. The first-order chi connectivity index (χ1) is 20.5. The topological polar surface area (TPSA) is 147 Å². The number of H-pyrrole nitrogens is 1. The van der Waals surface area contributed by atoms with Crippen LogP contribution in [0.2, 0.25) is 5.02 Å². The zero-order chi connectivity index (χ0) is 29.3. The molecule has 3 N–H and O–H groups in total. The van der Waals surface area contributed by atoms with Gasteiger partial charge >= 0.3 is 0 Å². The van der Waals surface area contributed by atoms with Gasteiger partial charge in [-0.25, -0.2) is 4.98 Å². The third-order valence-corrected chi connectivity index (χ3v) is 7.04. The lowest BCUT2D eigenvalue weighted by atomic mass is 10.0. The zero-order valence-electron chi connectivity index (χ0n) is 22.8. The number of carbonyl (C=O) groups is 3. The van der Waals surface area contributed by atoms with Crippen LogP contribution >= 0.6 is 11.6 Å². The quantitative estimate of drug-likeness (QED) is 0.332. The number of hydrogen-bond acceptors (Lipinski definition) is 7. The lowest BCUT2D eigenvalue weighted by molar-refractivity contribution is -0.122. The first-order valence-corrected chi connectivity index (χ1v) is 14.1. The number of aryl methyl sites for hydroxylation is 1. The van der Waals surface area contributed by atoms with Gasteiger partial charge in [-0.15, -0.1) is 5.10 Å². The van der Waals surface area contributed by atoms with Crippen LogP contribution in [-0.2, 0) is 24.3 Å². The lowest BCUT2D eigenvalue weighted by Crippen LogP contribution is -2.48. The van der Waals surface area contributed by atoms with Crippen molar-refractivity contribution in [1.29, 1.82) is 0 Å². The molecule has 3 amide bonds. The van der Waals surface area contributed by atoms with Crippen molar-refractivity contribution >= 4 is 29.3 Å². The summed E-state index contributed by atoms with van der Waals surface area (Å²) in [5.74, 6) is -0.553. The highest BCUT2D eigenvalue weighted by Crippen LogP contribution is 2.26. The molecule has 42 heavy (non-hydrogen) atoms. The molecule has 0 saturated carbocycles. The van der Waals surface area contributed by atoms with Crippen molar-refractivity contribution in [3.8, 4) is 5.75 Å². The molecule has 2 aromatic carbocycles. The van der Waals surface area contributed by atoms with Gasteiger partial charge in [0.1, 0.15) is 23.2 Å². The maximum Gasteiger partial charge on any atom is 0.272 e. The first kappa shape index (κ1) is 28.8. The molecule has 0 spiro atoms. The van der Waals surface area contributed by atoms with Crippen molar-refractivity contribution in [2.24, 2.45) is 0 Å². The Bertz CT molecular complexity index is 1510. The van der Waals surface area contributed by atoms with E-state index in [-0.39, 0.29) is 24.9 Å². The van der Waals surface area contributed by atoms with Crippen molar-refractivity contribution in [3.63, 3.8) is 0 Å². The van der Waals surface area contributed by atoms with E-state index in [1.807, 2.05) is 30.3 Å². The minimum absolute atomic E-state index is 0.233. The predicted octanol–water partition coefficient (Wildman–Crippen LogP) is 2.63. The SMILES string of the molecule is O=C1N[C@@H](Cc2ccccc2)C(=O)NCCCN(C(=O)c2cnc[nH]2)Cc2cn(nn2)CCCOc2ccc1cc2Cl. The number of rotatable bonds is 3. The number of halogens is 1. The number of fused-ring (bicyclic) bond motifs is 14. The first-order valence-electron chi connectivity index (χ1n) is 13.7. The lowest BCUT2D eigenvalue weighted by Gasteiger charge is -2.22. The smallest absolute Gasteiger partial charge is 0.272 e. The number of benzene rings is 2. The van der Waals surface area contributed by atoms with E-state index in [9.17, 15) is 14.4 Å². The number of hydrogen-bond donors (Lipinski definition) is 3. The molecule has 4 bridgehead atoms. The summed E-state index contributed by atoms with van der Waals surface area (Å²) in [5, 5.41) is 14.5. The van der Waals surface area contributed by atoms with Gasteiger partial charge in [0.2, 0.25) is 5.91 Å². The standard InChI is InChI=1S/C29H31ClN8O4/c30-23-15-21-8-9-26(23)42-13-5-12-38-18-22(35-36-38)17-37(29(41)25-16-31-19-33-25)11-4-10-32-28(40)24(34-27(21)39)14-20-6-2-1-3-7-20/h1-3,6-9,15-16,18-19,24H,4-5,10-14,17H2,(H,31,33)(H,32,40)(H,34,39)/t24-/m0/s1. The molecule has 0 aliphatic carbocycles. The molecule has 6 rings (SSSR count). The van der Waals surface area contributed by atoms with E-state index in [1.165, 1.54) is 18.6 Å². The van der Waals surface area contributed by atoms with E-state index in [1.54, 1.807) is 27.9 Å². The van der Waals surface area contributed by atoms with Crippen molar-refractivity contribution < 1.29 is 19.1 Å². The maximum absolute atomic E-state index is 13.3. The van der Waals surface area contributed by atoms with E-state index in [4.69, 9.17) is 16.3 Å². The number of amides is 3. The second kappa shape index (κ2) is 13.8. The second-order valence-electron chi connectivity index (χ2n) is 9.87. The number of aromatic amines is 1. The summed E-state index contributed by atoms with van der Waals surface area (Å²) in [5.41, 5.74) is 2.19. The van der Waals surface area contributed by atoms with Gasteiger partial charge in [0, 0.05) is 38.0 Å². The summed E-state index contributed by atoms with van der Waals surface area (Å²) < 4.78 is 7.52. The molecule has 2 aliphatic rings. The van der Waals surface area contributed by atoms with Crippen LogP contribution in [0.1, 0.15) is 44.9 Å². The monoisotopic (exact) mass is 590 g/mol. The van der Waals surface area contributed by atoms with Crippen LogP contribution in [0.4, 0.5) is 0 Å². The van der Waals surface area contributed by atoms with Crippen LogP contribution in [-0.4, -0.2) is 73.3 Å². The highest BCUT2D eigenvalue weighted by molar-refractivity contribution is 6.32. The van der Waals surface area contributed by atoms with Crippen molar-refractivity contribution in [1.82, 2.24) is 40.5 Å². The minimum Gasteiger partial charge on any atom is -0.492 e. The Morgan fingerprint density at radius 1 is 1.10 bits per heavy atom. The summed E-state index contributed by atoms with van der Waals surface area (Å²) >= 11 is 6.42. The molecule has 0 fully saturated rings. The minimum atomic E-state index is -0.832. The zero-order valence-corrected chi connectivity index (χ0v) is 23.6. The summed E-state index contributed by atoms with van der Waals surface area (Å²) in [6.07, 6.45) is 6.12. The molecule has 0 unspecified atom stereocenters. The fourth-order valence-electron chi connectivity index (χ4n) is 4.58.